The van der Waals surface area contributed by atoms with Crippen molar-refractivity contribution in [1.82, 2.24) is 15.8 Å². The van der Waals surface area contributed by atoms with Crippen LogP contribution in [0.25, 0.3) is 0 Å². The van der Waals surface area contributed by atoms with Gasteiger partial charge in [0.1, 0.15) is 18.1 Å². The van der Waals surface area contributed by atoms with E-state index in [9.17, 15) is 9.90 Å². The average Bonchev–Trinajstić information content (AvgIpc) is 3.24. The second kappa shape index (κ2) is 9.99. The lowest BCUT2D eigenvalue weighted by atomic mass is 9.88. The van der Waals surface area contributed by atoms with Gasteiger partial charge in [-0.05, 0) is 49.7 Å². The fourth-order valence-electron chi connectivity index (χ4n) is 4.42. The molecule has 2 saturated heterocycles. The summed E-state index contributed by atoms with van der Waals surface area (Å²) in [7, 11) is 0. The maximum absolute atomic E-state index is 11.3. The molecule has 0 spiro atoms. The summed E-state index contributed by atoms with van der Waals surface area (Å²) in [6.45, 7) is 3.83. The molecule has 0 aliphatic carbocycles. The van der Waals surface area contributed by atoms with Crippen LogP contribution in [0.4, 0.5) is 0 Å². The van der Waals surface area contributed by atoms with Gasteiger partial charge >= 0.3 is 0 Å². The van der Waals surface area contributed by atoms with Gasteiger partial charge in [-0.3, -0.25) is 15.1 Å². The zero-order valence-electron chi connectivity index (χ0n) is 17.4. The highest BCUT2D eigenvalue weighted by molar-refractivity contribution is 9.10. The summed E-state index contributed by atoms with van der Waals surface area (Å²) in [4.78, 5) is 13.6. The van der Waals surface area contributed by atoms with Gasteiger partial charge in [-0.1, -0.05) is 34.1 Å². The van der Waals surface area contributed by atoms with Crippen LogP contribution in [0.3, 0.4) is 0 Å². The summed E-state index contributed by atoms with van der Waals surface area (Å²) < 4.78 is 6.92. The third kappa shape index (κ3) is 5.38. The van der Waals surface area contributed by atoms with E-state index < -0.39 is 0 Å². The number of primary amides is 1. The number of halogens is 1. The van der Waals surface area contributed by atoms with Gasteiger partial charge in [0, 0.05) is 41.0 Å². The van der Waals surface area contributed by atoms with Crippen LogP contribution in [0.5, 0.6) is 11.5 Å². The Labute approximate surface area is 191 Å². The van der Waals surface area contributed by atoms with E-state index in [1.54, 1.807) is 6.07 Å². The number of hydrazine groups is 1. The van der Waals surface area contributed by atoms with Crippen LogP contribution in [0.1, 0.15) is 35.9 Å². The highest BCUT2D eigenvalue weighted by Crippen LogP contribution is 2.38. The number of carbonyl (C=O) groups is 1. The van der Waals surface area contributed by atoms with Crippen LogP contribution in [-0.2, 0) is 4.79 Å². The molecule has 2 aliphatic rings. The van der Waals surface area contributed by atoms with Crippen molar-refractivity contribution in [3.8, 4) is 11.5 Å². The number of rotatable bonds is 7. The predicted molar refractivity (Wildman–Crippen MR) is 123 cm³/mol. The molecule has 4 rings (SSSR count). The molecule has 0 bridgehead atoms. The summed E-state index contributed by atoms with van der Waals surface area (Å²) in [6.07, 6.45) is 1.62. The SMILES string of the molecule is NC(=O)C1CCN(CCOc2ccc(C3NNCC3c3ccc(Br)cc3)c(O)c2)CC1. The van der Waals surface area contributed by atoms with Crippen LogP contribution >= 0.6 is 15.9 Å². The fourth-order valence-corrected chi connectivity index (χ4v) is 4.69. The molecule has 31 heavy (non-hydrogen) atoms. The van der Waals surface area contributed by atoms with Crippen LogP contribution < -0.4 is 21.3 Å². The number of hydrogen-bond donors (Lipinski definition) is 4. The van der Waals surface area contributed by atoms with E-state index in [-0.39, 0.29) is 29.5 Å². The Morgan fingerprint density at radius 1 is 1.19 bits per heavy atom. The molecule has 2 atom stereocenters. The molecule has 0 aromatic heterocycles. The van der Waals surface area contributed by atoms with E-state index in [1.165, 1.54) is 5.56 Å². The third-order valence-corrected chi connectivity index (χ3v) is 6.81. The Morgan fingerprint density at radius 3 is 2.61 bits per heavy atom. The number of nitrogens with two attached hydrogens (primary N) is 1. The van der Waals surface area contributed by atoms with Gasteiger partial charge in [-0.25, -0.2) is 5.43 Å². The minimum Gasteiger partial charge on any atom is -0.507 e. The Balaban J connectivity index is 1.33. The van der Waals surface area contributed by atoms with Crippen molar-refractivity contribution in [2.24, 2.45) is 11.7 Å². The summed E-state index contributed by atoms with van der Waals surface area (Å²) in [5.41, 5.74) is 14.0. The Hall–Kier alpha value is -2.13. The zero-order chi connectivity index (χ0) is 21.8. The number of likely N-dealkylation sites (tertiary alicyclic amines) is 1. The van der Waals surface area contributed by atoms with Gasteiger partial charge in [-0.2, -0.15) is 0 Å². The molecule has 1 amide bonds. The maximum Gasteiger partial charge on any atom is 0.220 e. The van der Waals surface area contributed by atoms with Gasteiger partial charge in [0.2, 0.25) is 5.91 Å². The minimum absolute atomic E-state index is 0.00146. The van der Waals surface area contributed by atoms with E-state index in [1.807, 2.05) is 24.3 Å². The van der Waals surface area contributed by atoms with Crippen molar-refractivity contribution >= 4 is 21.8 Å². The quantitative estimate of drug-likeness (QED) is 0.478. The monoisotopic (exact) mass is 488 g/mol. The van der Waals surface area contributed by atoms with Gasteiger partial charge in [0.05, 0.1) is 6.04 Å². The lowest BCUT2D eigenvalue weighted by Crippen LogP contribution is -2.40. The molecule has 8 heteroatoms. The van der Waals surface area contributed by atoms with E-state index in [2.05, 4.69) is 43.8 Å². The molecule has 2 fully saturated rings. The van der Waals surface area contributed by atoms with E-state index in [0.29, 0.717) is 12.4 Å². The van der Waals surface area contributed by atoms with E-state index in [4.69, 9.17) is 10.5 Å². The Bertz CT molecular complexity index is 900. The normalized spacial score (nSPS) is 22.5. The second-order valence-electron chi connectivity index (χ2n) is 8.25. The molecule has 2 aromatic rings. The standard InChI is InChI=1S/C23H29BrN4O3/c24-17-3-1-15(2-4-17)20-14-26-27-22(20)19-6-5-18(13-21(19)29)31-12-11-28-9-7-16(8-10-28)23(25)30/h1-6,13,16,20,22,26-27,29H,7-12,14H2,(H2,25,30). The molecule has 0 radical (unpaired) electrons. The summed E-state index contributed by atoms with van der Waals surface area (Å²) >= 11 is 3.48. The molecule has 5 N–H and O–H groups in total. The number of benzene rings is 2. The number of phenols is 1. The Morgan fingerprint density at radius 2 is 1.94 bits per heavy atom. The average molecular weight is 489 g/mol. The summed E-state index contributed by atoms with van der Waals surface area (Å²) in [6, 6.07) is 13.8. The molecule has 0 saturated carbocycles. The highest BCUT2D eigenvalue weighted by atomic mass is 79.9. The van der Waals surface area contributed by atoms with Gasteiger partial charge in [-0.15, -0.1) is 0 Å². The fraction of sp³-hybridized carbons (Fsp3) is 0.435. The smallest absolute Gasteiger partial charge is 0.220 e. The molecule has 2 aliphatic heterocycles. The maximum atomic E-state index is 11.3. The van der Waals surface area contributed by atoms with Gasteiger partial charge < -0.3 is 15.6 Å². The first-order valence-corrected chi connectivity index (χ1v) is 11.5. The minimum atomic E-state index is -0.194. The summed E-state index contributed by atoms with van der Waals surface area (Å²) in [5.74, 6) is 0.902. The largest absolute Gasteiger partial charge is 0.507 e. The predicted octanol–water partition coefficient (Wildman–Crippen LogP) is 2.66. The topological polar surface area (TPSA) is 99.9 Å². The molecule has 2 aromatic carbocycles. The van der Waals surface area contributed by atoms with Crippen molar-refractivity contribution in [1.29, 1.82) is 0 Å². The first-order chi connectivity index (χ1) is 15.0. The van der Waals surface area contributed by atoms with Crippen molar-refractivity contribution < 1.29 is 14.6 Å². The number of aromatic hydroxyl groups is 1. The third-order valence-electron chi connectivity index (χ3n) is 6.28. The number of ether oxygens (including phenoxy) is 1. The van der Waals surface area contributed by atoms with Crippen LogP contribution in [0.2, 0.25) is 0 Å². The van der Waals surface area contributed by atoms with E-state index >= 15 is 0 Å². The summed E-state index contributed by atoms with van der Waals surface area (Å²) in [5, 5.41) is 10.7. The van der Waals surface area contributed by atoms with E-state index in [0.717, 1.165) is 49.1 Å². The van der Waals surface area contributed by atoms with Crippen LogP contribution in [0.15, 0.2) is 46.9 Å². The number of nitrogens with one attached hydrogen (secondary N) is 2. The Kier molecular flexibility index (Phi) is 7.12. The number of amides is 1. The lowest BCUT2D eigenvalue weighted by molar-refractivity contribution is -0.123. The number of nitrogens with zero attached hydrogens (tertiary/aromatic N) is 1. The molecular weight excluding hydrogens is 460 g/mol. The van der Waals surface area contributed by atoms with Crippen LogP contribution in [-0.4, -0.2) is 48.7 Å². The molecule has 2 heterocycles. The van der Waals surface area contributed by atoms with Crippen molar-refractivity contribution in [2.75, 3.05) is 32.8 Å². The number of hydrogen-bond acceptors (Lipinski definition) is 6. The first-order valence-electron chi connectivity index (χ1n) is 10.7. The second-order valence-corrected chi connectivity index (χ2v) is 9.16. The highest BCUT2D eigenvalue weighted by Gasteiger charge is 2.31. The van der Waals surface area contributed by atoms with Crippen molar-refractivity contribution in [3.05, 3.63) is 58.1 Å². The zero-order valence-corrected chi connectivity index (χ0v) is 19.0. The number of phenolic OH excluding ortho intramolecular Hbond substituents is 1. The van der Waals surface area contributed by atoms with Crippen LogP contribution in [0, 0.1) is 5.92 Å². The van der Waals surface area contributed by atoms with Gasteiger partial charge in [0.15, 0.2) is 0 Å². The molecule has 7 nitrogen and oxygen atoms in total. The first kappa shape index (κ1) is 22.1. The number of carbonyl (C=O) groups excluding carboxylic acids is 1. The molecule has 166 valence electrons. The van der Waals surface area contributed by atoms with Gasteiger partial charge in [0.25, 0.3) is 0 Å². The van der Waals surface area contributed by atoms with Crippen molar-refractivity contribution in [2.45, 2.75) is 24.8 Å². The number of piperidine rings is 1. The molecular formula is C23H29BrN4O3. The molecule has 2 unspecified atom stereocenters. The van der Waals surface area contributed by atoms with Crippen molar-refractivity contribution in [3.63, 3.8) is 0 Å². The lowest BCUT2D eigenvalue weighted by Gasteiger charge is -2.30.